The molecule has 4 heterocycles. The van der Waals surface area contributed by atoms with Gasteiger partial charge < -0.3 is 9.80 Å². The predicted octanol–water partition coefficient (Wildman–Crippen LogP) is 3.30. The largest absolute Gasteiger partial charge is 0.341 e. The average molecular weight is 424 g/mol. The molecule has 0 spiro atoms. The molecule has 0 atom stereocenters. The summed E-state index contributed by atoms with van der Waals surface area (Å²) in [6, 6.07) is 6.51. The second-order valence-electron chi connectivity index (χ2n) is 9.75. The molecule has 0 aliphatic carbocycles. The molecule has 0 N–H and O–H groups in total. The topological polar surface area (TPSA) is 63.5 Å². The smallest absolute Gasteiger partial charge is 0.243 e. The van der Waals surface area contributed by atoms with Gasteiger partial charge in [-0.25, -0.2) is 0 Å². The summed E-state index contributed by atoms with van der Waals surface area (Å²) in [4.78, 5) is 24.4. The van der Waals surface area contributed by atoms with E-state index in [0.717, 1.165) is 51.5 Å². The van der Waals surface area contributed by atoms with Crippen molar-refractivity contribution < 1.29 is 4.79 Å². The van der Waals surface area contributed by atoms with Crippen LogP contribution >= 0.6 is 0 Å². The number of carbonyl (C=O) groups excluding carboxylic acids is 1. The lowest BCUT2D eigenvalue weighted by molar-refractivity contribution is -0.143. The lowest BCUT2D eigenvalue weighted by Crippen LogP contribution is -2.51. The number of carbonyl (C=O) groups is 1. The van der Waals surface area contributed by atoms with Gasteiger partial charge in [-0.05, 0) is 88.2 Å². The Morgan fingerprint density at radius 1 is 1.00 bits per heavy atom. The number of hydrogen-bond donors (Lipinski definition) is 0. The minimum Gasteiger partial charge on any atom is -0.341 e. The Kier molecular flexibility index (Phi) is 7.58. The van der Waals surface area contributed by atoms with E-state index in [9.17, 15) is 10.1 Å². The molecule has 3 fully saturated rings. The molecule has 3 saturated heterocycles. The molecule has 1 amide bonds. The number of likely N-dealkylation sites (tertiary alicyclic amines) is 3. The van der Waals surface area contributed by atoms with Gasteiger partial charge in [0.2, 0.25) is 5.91 Å². The third kappa shape index (κ3) is 5.64. The van der Waals surface area contributed by atoms with Crippen LogP contribution in [-0.2, 0) is 11.3 Å². The molecule has 31 heavy (non-hydrogen) atoms. The van der Waals surface area contributed by atoms with Crippen molar-refractivity contribution in [3.63, 3.8) is 0 Å². The van der Waals surface area contributed by atoms with Crippen molar-refractivity contribution in [3.8, 4) is 6.07 Å². The Morgan fingerprint density at radius 2 is 1.68 bits per heavy atom. The highest BCUT2D eigenvalue weighted by atomic mass is 16.2. The van der Waals surface area contributed by atoms with Crippen LogP contribution < -0.4 is 0 Å². The van der Waals surface area contributed by atoms with Crippen LogP contribution in [0.15, 0.2) is 24.5 Å². The lowest BCUT2D eigenvalue weighted by atomic mass is 9.77. The minimum absolute atomic E-state index is 0.0908. The molecular weight excluding hydrogens is 386 g/mol. The summed E-state index contributed by atoms with van der Waals surface area (Å²) in [7, 11) is 0. The Hall–Kier alpha value is -1.97. The maximum absolute atomic E-state index is 13.4. The zero-order valence-electron chi connectivity index (χ0n) is 18.8. The van der Waals surface area contributed by atoms with Crippen molar-refractivity contribution in [3.05, 3.63) is 30.1 Å². The van der Waals surface area contributed by atoms with E-state index in [2.05, 4.69) is 20.9 Å². The number of amides is 1. The third-order valence-electron chi connectivity index (χ3n) is 7.69. The van der Waals surface area contributed by atoms with Crippen LogP contribution in [-0.4, -0.2) is 71.4 Å². The molecule has 1 aromatic heterocycles. The van der Waals surface area contributed by atoms with E-state index in [4.69, 9.17) is 0 Å². The zero-order valence-corrected chi connectivity index (χ0v) is 18.8. The van der Waals surface area contributed by atoms with Gasteiger partial charge in [-0.1, -0.05) is 6.42 Å². The maximum atomic E-state index is 13.4. The molecular formula is C25H37N5O. The minimum atomic E-state index is -0.824. The van der Waals surface area contributed by atoms with Crippen LogP contribution in [0.1, 0.15) is 56.9 Å². The first-order chi connectivity index (χ1) is 15.2. The third-order valence-corrected chi connectivity index (χ3v) is 7.69. The van der Waals surface area contributed by atoms with Crippen molar-refractivity contribution >= 4 is 5.91 Å². The van der Waals surface area contributed by atoms with E-state index in [0.29, 0.717) is 12.8 Å². The summed E-state index contributed by atoms with van der Waals surface area (Å²) >= 11 is 0. The van der Waals surface area contributed by atoms with E-state index in [1.807, 2.05) is 29.4 Å². The molecule has 3 aliphatic rings. The normalized spacial score (nSPS) is 23.4. The molecule has 0 unspecified atom stereocenters. The summed E-state index contributed by atoms with van der Waals surface area (Å²) in [5, 5.41) is 9.97. The number of piperidine rings is 3. The summed E-state index contributed by atoms with van der Waals surface area (Å²) in [5.74, 6) is 0.819. The lowest BCUT2D eigenvalue weighted by Gasteiger charge is -2.41. The zero-order chi connectivity index (χ0) is 21.5. The summed E-state index contributed by atoms with van der Waals surface area (Å²) in [6.45, 7) is 7.86. The molecule has 0 aromatic carbocycles. The summed E-state index contributed by atoms with van der Waals surface area (Å²) in [6.07, 6.45) is 12.5. The second-order valence-corrected chi connectivity index (χ2v) is 9.75. The highest BCUT2D eigenvalue weighted by molar-refractivity contribution is 5.85. The van der Waals surface area contributed by atoms with Crippen LogP contribution in [0.2, 0.25) is 0 Å². The van der Waals surface area contributed by atoms with Crippen LogP contribution in [0.5, 0.6) is 0 Å². The molecule has 3 aliphatic heterocycles. The van der Waals surface area contributed by atoms with Crippen molar-refractivity contribution in [1.29, 1.82) is 5.26 Å². The van der Waals surface area contributed by atoms with Crippen LogP contribution in [0.3, 0.4) is 0 Å². The van der Waals surface area contributed by atoms with Gasteiger partial charge in [-0.15, -0.1) is 0 Å². The molecule has 6 heteroatoms. The highest BCUT2D eigenvalue weighted by Gasteiger charge is 2.44. The standard InChI is InChI=1S/C25H37N5O/c26-21-25(9-18-29(19-10-25)20-23-4-11-27-12-5-23)24(31)30-16-7-22(8-17-30)6-15-28-13-2-1-3-14-28/h4-5,11-12,22H,1-3,6-10,13-20H2. The maximum Gasteiger partial charge on any atom is 0.243 e. The van der Waals surface area contributed by atoms with Gasteiger partial charge in [0, 0.05) is 45.1 Å². The van der Waals surface area contributed by atoms with Crippen LogP contribution in [0.25, 0.3) is 0 Å². The number of nitrogens with zero attached hydrogens (tertiary/aromatic N) is 5. The van der Waals surface area contributed by atoms with E-state index >= 15 is 0 Å². The van der Waals surface area contributed by atoms with Gasteiger partial charge >= 0.3 is 0 Å². The van der Waals surface area contributed by atoms with Crippen molar-refractivity contribution in [2.75, 3.05) is 45.8 Å². The van der Waals surface area contributed by atoms with Crippen molar-refractivity contribution in [2.45, 2.75) is 57.9 Å². The predicted molar refractivity (Wildman–Crippen MR) is 121 cm³/mol. The van der Waals surface area contributed by atoms with E-state index in [1.165, 1.54) is 50.9 Å². The van der Waals surface area contributed by atoms with E-state index in [-0.39, 0.29) is 5.91 Å². The molecule has 1 aromatic rings. The summed E-state index contributed by atoms with van der Waals surface area (Å²) < 4.78 is 0. The van der Waals surface area contributed by atoms with Gasteiger partial charge in [0.1, 0.15) is 5.41 Å². The fourth-order valence-corrected chi connectivity index (χ4v) is 5.49. The SMILES string of the molecule is N#CC1(C(=O)N2CCC(CCN3CCCCC3)CC2)CCN(Cc2ccncc2)CC1. The highest BCUT2D eigenvalue weighted by Crippen LogP contribution is 2.35. The first-order valence-electron chi connectivity index (χ1n) is 12.2. The van der Waals surface area contributed by atoms with Gasteiger partial charge in [0.15, 0.2) is 0 Å². The Labute approximate surface area is 187 Å². The molecule has 6 nitrogen and oxygen atoms in total. The van der Waals surface area contributed by atoms with Crippen LogP contribution in [0, 0.1) is 22.7 Å². The van der Waals surface area contributed by atoms with Crippen LogP contribution in [0.4, 0.5) is 0 Å². The van der Waals surface area contributed by atoms with Gasteiger partial charge in [0.05, 0.1) is 6.07 Å². The summed E-state index contributed by atoms with van der Waals surface area (Å²) in [5.41, 5.74) is 0.410. The first-order valence-corrected chi connectivity index (χ1v) is 12.2. The first kappa shape index (κ1) is 22.2. The Morgan fingerprint density at radius 3 is 2.32 bits per heavy atom. The van der Waals surface area contributed by atoms with Gasteiger partial charge in [-0.2, -0.15) is 5.26 Å². The monoisotopic (exact) mass is 423 g/mol. The molecule has 0 saturated carbocycles. The molecule has 0 bridgehead atoms. The Balaban J connectivity index is 1.23. The van der Waals surface area contributed by atoms with Gasteiger partial charge in [-0.3, -0.25) is 14.7 Å². The Bertz CT molecular complexity index is 739. The van der Waals surface area contributed by atoms with E-state index < -0.39 is 5.41 Å². The van der Waals surface area contributed by atoms with Gasteiger partial charge in [0.25, 0.3) is 0 Å². The molecule has 168 valence electrons. The van der Waals surface area contributed by atoms with Crippen molar-refractivity contribution in [2.24, 2.45) is 11.3 Å². The number of nitriles is 1. The fraction of sp³-hybridized carbons (Fsp3) is 0.720. The number of rotatable bonds is 6. The number of aromatic nitrogens is 1. The molecule has 0 radical (unpaired) electrons. The van der Waals surface area contributed by atoms with E-state index in [1.54, 1.807) is 0 Å². The molecule has 4 rings (SSSR count). The second kappa shape index (κ2) is 10.6. The number of hydrogen-bond acceptors (Lipinski definition) is 5. The quantitative estimate of drug-likeness (QED) is 0.702. The fourth-order valence-electron chi connectivity index (χ4n) is 5.49. The van der Waals surface area contributed by atoms with Crippen molar-refractivity contribution in [1.82, 2.24) is 19.7 Å². The number of pyridine rings is 1. The average Bonchev–Trinajstić information content (AvgIpc) is 2.84.